The van der Waals surface area contributed by atoms with Gasteiger partial charge in [-0.25, -0.2) is 0 Å². The van der Waals surface area contributed by atoms with E-state index in [-0.39, 0.29) is 11.7 Å². The Hall–Kier alpha value is -0.890. The maximum Gasteiger partial charge on any atom is 0.162 e. The van der Waals surface area contributed by atoms with E-state index in [1.807, 2.05) is 6.08 Å². The summed E-state index contributed by atoms with van der Waals surface area (Å²) >= 11 is 0. The first kappa shape index (κ1) is 13.2. The predicted molar refractivity (Wildman–Crippen MR) is 68.1 cm³/mol. The van der Waals surface area contributed by atoms with Crippen LogP contribution in [0, 0.1) is 5.92 Å². The second-order valence-electron chi connectivity index (χ2n) is 5.73. The lowest BCUT2D eigenvalue weighted by Crippen LogP contribution is -2.35. The Bertz CT molecular complexity index is 307. The van der Waals surface area contributed by atoms with Crippen LogP contribution in [0.15, 0.2) is 23.8 Å². The van der Waals surface area contributed by atoms with Crippen LogP contribution in [-0.2, 0) is 4.79 Å². The summed E-state index contributed by atoms with van der Waals surface area (Å²) in [6, 6.07) is 0. The van der Waals surface area contributed by atoms with Gasteiger partial charge in [-0.1, -0.05) is 17.7 Å². The fourth-order valence-corrected chi connectivity index (χ4v) is 2.06. The average Bonchev–Trinajstić information content (AvgIpc) is 2.14. The summed E-state index contributed by atoms with van der Waals surface area (Å²) in [5.41, 5.74) is 1.22. The number of ketones is 1. The molecule has 90 valence electrons. The molecule has 1 aliphatic carbocycles. The third kappa shape index (κ3) is 4.31. The van der Waals surface area contributed by atoms with Crippen molar-refractivity contribution in [2.45, 2.75) is 26.2 Å². The number of hydrogen-bond donors (Lipinski definition) is 0. The zero-order valence-corrected chi connectivity index (χ0v) is 11.0. The number of carbonyl (C=O) groups excluding carboxylic acids is 1. The molecule has 1 atom stereocenters. The zero-order chi connectivity index (χ0) is 12.2. The van der Waals surface area contributed by atoms with Crippen molar-refractivity contribution in [1.29, 1.82) is 0 Å². The number of rotatable bonds is 5. The van der Waals surface area contributed by atoms with E-state index in [2.05, 4.69) is 34.1 Å². The molecule has 2 heteroatoms. The average molecular weight is 222 g/mol. The summed E-state index contributed by atoms with van der Waals surface area (Å²) < 4.78 is 1.01. The zero-order valence-electron chi connectivity index (χ0n) is 11.0. The van der Waals surface area contributed by atoms with Crippen molar-refractivity contribution >= 4 is 5.78 Å². The van der Waals surface area contributed by atoms with Crippen molar-refractivity contribution in [3.05, 3.63) is 23.8 Å². The Balaban J connectivity index is 2.30. The first-order valence-electron chi connectivity index (χ1n) is 6.09. The first-order chi connectivity index (χ1) is 7.40. The Morgan fingerprint density at radius 3 is 2.50 bits per heavy atom. The van der Waals surface area contributed by atoms with Gasteiger partial charge in [-0.3, -0.25) is 4.79 Å². The monoisotopic (exact) mass is 222 g/mol. The number of hydrogen-bond acceptors (Lipinski definition) is 1. The van der Waals surface area contributed by atoms with Crippen LogP contribution < -0.4 is 0 Å². The number of quaternary nitrogens is 1. The summed E-state index contributed by atoms with van der Waals surface area (Å²) in [6.45, 7) is 3.24. The molecule has 0 bridgehead atoms. The lowest BCUT2D eigenvalue weighted by molar-refractivity contribution is -0.870. The molecule has 0 heterocycles. The molecule has 1 aliphatic rings. The predicted octanol–water partition coefficient (Wildman–Crippen LogP) is 2.56. The van der Waals surface area contributed by atoms with Crippen molar-refractivity contribution in [2.75, 3.05) is 27.7 Å². The number of unbranched alkanes of at least 4 members (excludes halogenated alkanes) is 1. The molecular weight excluding hydrogens is 198 g/mol. The summed E-state index contributed by atoms with van der Waals surface area (Å²) in [5.74, 6) is 0.433. The molecule has 1 unspecified atom stereocenters. The summed E-state index contributed by atoms with van der Waals surface area (Å²) in [7, 11) is 6.62. The maximum absolute atomic E-state index is 11.7. The molecule has 0 aliphatic heterocycles. The van der Waals surface area contributed by atoms with Crippen LogP contribution in [0.4, 0.5) is 0 Å². The van der Waals surface area contributed by atoms with Gasteiger partial charge in [-0.2, -0.15) is 0 Å². The highest BCUT2D eigenvalue weighted by Gasteiger charge is 2.19. The van der Waals surface area contributed by atoms with Crippen LogP contribution in [0.1, 0.15) is 26.2 Å². The van der Waals surface area contributed by atoms with Crippen LogP contribution in [0.25, 0.3) is 0 Å². The molecule has 0 spiro atoms. The lowest BCUT2D eigenvalue weighted by Gasteiger charge is -2.24. The van der Waals surface area contributed by atoms with Crippen LogP contribution in [0.3, 0.4) is 0 Å². The molecule has 0 saturated carbocycles. The summed E-state index contributed by atoms with van der Waals surface area (Å²) in [5, 5.41) is 0. The fourth-order valence-electron chi connectivity index (χ4n) is 2.06. The van der Waals surface area contributed by atoms with Gasteiger partial charge in [0.1, 0.15) is 0 Å². The van der Waals surface area contributed by atoms with Crippen LogP contribution in [0.5, 0.6) is 0 Å². The van der Waals surface area contributed by atoms with E-state index in [1.54, 1.807) is 6.08 Å². The standard InChI is InChI=1S/C14H24NO/c1-12-8-7-10-14(16)13(12)9-5-6-11-15(2,3)4/h7-8,10,13H,5-6,9,11H2,1-4H3/q+1. The van der Waals surface area contributed by atoms with Gasteiger partial charge in [-0.05, 0) is 32.3 Å². The van der Waals surface area contributed by atoms with Gasteiger partial charge in [0.05, 0.1) is 27.7 Å². The van der Waals surface area contributed by atoms with Gasteiger partial charge in [0.2, 0.25) is 0 Å². The van der Waals surface area contributed by atoms with Crippen molar-refractivity contribution in [2.24, 2.45) is 5.92 Å². The highest BCUT2D eigenvalue weighted by molar-refractivity contribution is 5.95. The topological polar surface area (TPSA) is 17.1 Å². The van der Waals surface area contributed by atoms with E-state index in [0.29, 0.717) is 0 Å². The van der Waals surface area contributed by atoms with Crippen LogP contribution in [0.2, 0.25) is 0 Å². The molecule has 0 saturated heterocycles. The van der Waals surface area contributed by atoms with Crippen LogP contribution in [-0.4, -0.2) is 38.0 Å². The van der Waals surface area contributed by atoms with E-state index in [4.69, 9.17) is 0 Å². The molecule has 0 fully saturated rings. The van der Waals surface area contributed by atoms with E-state index in [1.165, 1.54) is 18.5 Å². The van der Waals surface area contributed by atoms with Gasteiger partial charge in [0, 0.05) is 5.92 Å². The quantitative estimate of drug-likeness (QED) is 0.516. The molecule has 0 aromatic heterocycles. The highest BCUT2D eigenvalue weighted by Crippen LogP contribution is 2.22. The third-order valence-corrected chi connectivity index (χ3v) is 3.08. The van der Waals surface area contributed by atoms with Gasteiger partial charge in [-0.15, -0.1) is 0 Å². The third-order valence-electron chi connectivity index (χ3n) is 3.08. The lowest BCUT2D eigenvalue weighted by atomic mass is 9.87. The molecule has 0 radical (unpaired) electrons. The minimum absolute atomic E-state index is 0.150. The smallest absolute Gasteiger partial charge is 0.162 e. The minimum Gasteiger partial charge on any atom is -0.331 e. The molecular formula is C14H24NO+. The van der Waals surface area contributed by atoms with E-state index < -0.39 is 0 Å². The maximum atomic E-state index is 11.7. The van der Waals surface area contributed by atoms with Gasteiger partial charge >= 0.3 is 0 Å². The van der Waals surface area contributed by atoms with Crippen molar-refractivity contribution in [3.8, 4) is 0 Å². The van der Waals surface area contributed by atoms with Crippen molar-refractivity contribution in [3.63, 3.8) is 0 Å². The Kier molecular flexibility index (Phi) is 4.48. The fraction of sp³-hybridized carbons (Fsp3) is 0.643. The number of allylic oxidation sites excluding steroid dienone is 4. The molecule has 0 N–H and O–H groups in total. The van der Waals surface area contributed by atoms with Crippen LogP contribution >= 0.6 is 0 Å². The van der Waals surface area contributed by atoms with E-state index in [0.717, 1.165) is 17.3 Å². The van der Waals surface area contributed by atoms with Crippen molar-refractivity contribution < 1.29 is 9.28 Å². The normalized spacial score (nSPS) is 21.1. The Labute approximate surface area is 99.2 Å². The molecule has 1 rings (SSSR count). The minimum atomic E-state index is 0.150. The van der Waals surface area contributed by atoms with Gasteiger partial charge < -0.3 is 4.48 Å². The molecule has 0 aromatic rings. The number of nitrogens with zero attached hydrogens (tertiary/aromatic N) is 1. The second kappa shape index (κ2) is 5.44. The number of carbonyl (C=O) groups is 1. The van der Waals surface area contributed by atoms with Gasteiger partial charge in [0.15, 0.2) is 5.78 Å². The molecule has 0 aromatic carbocycles. The van der Waals surface area contributed by atoms with E-state index >= 15 is 0 Å². The Morgan fingerprint density at radius 2 is 1.94 bits per heavy atom. The SMILES string of the molecule is CC1=CC=CC(=O)C1CCCC[N+](C)(C)C. The molecule has 2 nitrogen and oxygen atoms in total. The first-order valence-corrected chi connectivity index (χ1v) is 6.09. The van der Waals surface area contributed by atoms with E-state index in [9.17, 15) is 4.79 Å². The molecule has 0 amide bonds. The Morgan fingerprint density at radius 1 is 1.25 bits per heavy atom. The second-order valence-corrected chi connectivity index (χ2v) is 5.73. The summed E-state index contributed by atoms with van der Waals surface area (Å²) in [4.78, 5) is 11.7. The largest absolute Gasteiger partial charge is 0.331 e. The highest BCUT2D eigenvalue weighted by atomic mass is 16.1. The van der Waals surface area contributed by atoms with Gasteiger partial charge in [0.25, 0.3) is 0 Å². The molecule has 16 heavy (non-hydrogen) atoms. The summed E-state index contributed by atoms with van der Waals surface area (Å²) in [6.07, 6.45) is 8.98. The van der Waals surface area contributed by atoms with Crippen molar-refractivity contribution in [1.82, 2.24) is 0 Å².